The number of amides is 1. The highest BCUT2D eigenvalue weighted by molar-refractivity contribution is 6.03. The first kappa shape index (κ1) is 18.1. The molecule has 0 spiro atoms. The standard InChI is InChI=1S/C21H24N2O3/c1-15(24)17-10-11-19-18(14-17)23(13-7-12-22(2)3)21(25)20(26-19)16-8-5-4-6-9-16/h4-6,8-11,14,20H,7,12-13H2,1-3H3. The number of nitrogens with zero attached hydrogens (tertiary/aromatic N) is 2. The van der Waals surface area contributed by atoms with Crippen LogP contribution in [0, 0.1) is 0 Å². The molecule has 1 atom stereocenters. The monoisotopic (exact) mass is 352 g/mol. The van der Waals surface area contributed by atoms with Gasteiger partial charge in [-0.1, -0.05) is 30.3 Å². The van der Waals surface area contributed by atoms with Crippen LogP contribution in [0.2, 0.25) is 0 Å². The maximum absolute atomic E-state index is 13.1. The van der Waals surface area contributed by atoms with Crippen LogP contribution < -0.4 is 9.64 Å². The van der Waals surface area contributed by atoms with Crippen molar-refractivity contribution >= 4 is 17.4 Å². The molecular formula is C21H24N2O3. The number of carbonyl (C=O) groups excluding carboxylic acids is 2. The molecule has 136 valence electrons. The van der Waals surface area contributed by atoms with E-state index >= 15 is 0 Å². The van der Waals surface area contributed by atoms with Crippen molar-refractivity contribution < 1.29 is 14.3 Å². The van der Waals surface area contributed by atoms with Gasteiger partial charge in [-0.3, -0.25) is 9.59 Å². The molecule has 5 nitrogen and oxygen atoms in total. The van der Waals surface area contributed by atoms with Crippen LogP contribution in [0.25, 0.3) is 0 Å². The number of carbonyl (C=O) groups is 2. The Bertz CT molecular complexity index is 802. The van der Waals surface area contributed by atoms with Crippen molar-refractivity contribution in [3.05, 3.63) is 59.7 Å². The van der Waals surface area contributed by atoms with E-state index in [1.54, 1.807) is 23.1 Å². The van der Waals surface area contributed by atoms with Crippen molar-refractivity contribution in [1.82, 2.24) is 4.90 Å². The SMILES string of the molecule is CC(=O)c1ccc2c(c1)N(CCCN(C)C)C(=O)C(c1ccccc1)O2. The highest BCUT2D eigenvalue weighted by Crippen LogP contribution is 2.39. The molecule has 0 bridgehead atoms. The summed E-state index contributed by atoms with van der Waals surface area (Å²) in [5.74, 6) is 0.509. The number of anilines is 1. The predicted molar refractivity (Wildman–Crippen MR) is 102 cm³/mol. The fourth-order valence-corrected chi connectivity index (χ4v) is 3.10. The van der Waals surface area contributed by atoms with Crippen molar-refractivity contribution in [3.8, 4) is 5.75 Å². The summed E-state index contributed by atoms with van der Waals surface area (Å²) in [4.78, 5) is 28.8. The van der Waals surface area contributed by atoms with Crippen LogP contribution in [0.5, 0.6) is 5.75 Å². The number of Topliss-reactive ketones (excluding diaryl/α,β-unsaturated/α-hetero) is 1. The normalized spacial score (nSPS) is 16.4. The van der Waals surface area contributed by atoms with Crippen molar-refractivity contribution in [2.75, 3.05) is 32.1 Å². The Labute approximate surface area is 154 Å². The van der Waals surface area contributed by atoms with Crippen molar-refractivity contribution in [2.45, 2.75) is 19.4 Å². The first-order valence-electron chi connectivity index (χ1n) is 8.80. The topological polar surface area (TPSA) is 49.9 Å². The highest BCUT2D eigenvalue weighted by atomic mass is 16.5. The Morgan fingerprint density at radius 3 is 2.54 bits per heavy atom. The van der Waals surface area contributed by atoms with Crippen LogP contribution in [0.1, 0.15) is 35.4 Å². The van der Waals surface area contributed by atoms with Gasteiger partial charge in [0.2, 0.25) is 6.10 Å². The van der Waals surface area contributed by atoms with Crippen molar-refractivity contribution in [1.29, 1.82) is 0 Å². The Morgan fingerprint density at radius 1 is 1.15 bits per heavy atom. The minimum absolute atomic E-state index is 0.0290. The van der Waals surface area contributed by atoms with Gasteiger partial charge in [-0.05, 0) is 52.2 Å². The van der Waals surface area contributed by atoms with Crippen LogP contribution in [0.15, 0.2) is 48.5 Å². The molecular weight excluding hydrogens is 328 g/mol. The second-order valence-corrected chi connectivity index (χ2v) is 6.79. The van der Waals surface area contributed by atoms with Crippen LogP contribution >= 0.6 is 0 Å². The molecule has 26 heavy (non-hydrogen) atoms. The van der Waals surface area contributed by atoms with E-state index in [0.29, 0.717) is 23.5 Å². The zero-order chi connectivity index (χ0) is 18.7. The van der Waals surface area contributed by atoms with Gasteiger partial charge in [0.05, 0.1) is 5.69 Å². The summed E-state index contributed by atoms with van der Waals surface area (Å²) < 4.78 is 6.01. The fourth-order valence-electron chi connectivity index (χ4n) is 3.10. The van der Waals surface area contributed by atoms with Gasteiger partial charge in [0.25, 0.3) is 5.91 Å². The zero-order valence-corrected chi connectivity index (χ0v) is 15.4. The van der Waals surface area contributed by atoms with E-state index in [1.165, 1.54) is 6.92 Å². The van der Waals surface area contributed by atoms with Gasteiger partial charge in [-0.2, -0.15) is 0 Å². The molecule has 1 amide bonds. The summed E-state index contributed by atoms with van der Waals surface area (Å²) in [6.07, 6.45) is 0.176. The molecule has 1 aliphatic heterocycles. The predicted octanol–water partition coefficient (Wildman–Crippen LogP) is 3.31. The van der Waals surface area contributed by atoms with Crippen molar-refractivity contribution in [2.24, 2.45) is 0 Å². The lowest BCUT2D eigenvalue weighted by atomic mass is 10.0. The third kappa shape index (κ3) is 3.78. The maximum atomic E-state index is 13.1. The molecule has 0 saturated heterocycles. The number of hydrogen-bond donors (Lipinski definition) is 0. The average molecular weight is 352 g/mol. The van der Waals surface area contributed by atoms with E-state index in [4.69, 9.17) is 4.74 Å². The first-order chi connectivity index (χ1) is 12.5. The minimum atomic E-state index is -0.661. The Balaban J connectivity index is 1.96. The molecule has 0 radical (unpaired) electrons. The third-order valence-corrected chi connectivity index (χ3v) is 4.48. The quantitative estimate of drug-likeness (QED) is 0.749. The fraction of sp³-hybridized carbons (Fsp3) is 0.333. The van der Waals surface area contributed by atoms with Gasteiger partial charge >= 0.3 is 0 Å². The smallest absolute Gasteiger partial charge is 0.272 e. The first-order valence-corrected chi connectivity index (χ1v) is 8.80. The lowest BCUT2D eigenvalue weighted by molar-refractivity contribution is -0.126. The number of hydrogen-bond acceptors (Lipinski definition) is 4. The average Bonchev–Trinajstić information content (AvgIpc) is 2.63. The second-order valence-electron chi connectivity index (χ2n) is 6.79. The van der Waals surface area contributed by atoms with E-state index in [0.717, 1.165) is 18.5 Å². The van der Waals surface area contributed by atoms with Crippen LogP contribution in [-0.4, -0.2) is 43.8 Å². The van der Waals surface area contributed by atoms with Crippen molar-refractivity contribution in [3.63, 3.8) is 0 Å². The number of ketones is 1. The highest BCUT2D eigenvalue weighted by Gasteiger charge is 2.35. The van der Waals surface area contributed by atoms with Crippen LogP contribution in [0.4, 0.5) is 5.69 Å². The largest absolute Gasteiger partial charge is 0.474 e. The summed E-state index contributed by atoms with van der Waals surface area (Å²) in [6.45, 7) is 2.98. The summed E-state index contributed by atoms with van der Waals surface area (Å²) in [7, 11) is 4.02. The van der Waals surface area contributed by atoms with E-state index in [1.807, 2.05) is 44.4 Å². The summed E-state index contributed by atoms with van der Waals surface area (Å²) in [5.41, 5.74) is 2.08. The van der Waals surface area contributed by atoms with Gasteiger partial charge in [-0.25, -0.2) is 0 Å². The molecule has 2 aromatic carbocycles. The minimum Gasteiger partial charge on any atom is -0.474 e. The molecule has 1 aliphatic rings. The second kappa shape index (κ2) is 7.70. The maximum Gasteiger partial charge on any atom is 0.272 e. The van der Waals surface area contributed by atoms with Gasteiger partial charge in [0, 0.05) is 17.7 Å². The number of benzene rings is 2. The molecule has 0 aromatic heterocycles. The Hall–Kier alpha value is -2.66. The summed E-state index contributed by atoms with van der Waals surface area (Å²) >= 11 is 0. The van der Waals surface area contributed by atoms with E-state index in [9.17, 15) is 9.59 Å². The molecule has 0 N–H and O–H groups in total. The summed E-state index contributed by atoms with van der Waals surface area (Å²) in [6, 6.07) is 14.8. The van der Waals surface area contributed by atoms with E-state index < -0.39 is 6.10 Å². The lowest BCUT2D eigenvalue weighted by Crippen LogP contribution is -2.42. The zero-order valence-electron chi connectivity index (χ0n) is 15.4. The molecule has 5 heteroatoms. The van der Waals surface area contributed by atoms with Crippen LogP contribution in [-0.2, 0) is 4.79 Å². The molecule has 1 heterocycles. The van der Waals surface area contributed by atoms with Gasteiger partial charge in [-0.15, -0.1) is 0 Å². The molecule has 3 rings (SSSR count). The number of ether oxygens (including phenoxy) is 1. The number of fused-ring (bicyclic) bond motifs is 1. The lowest BCUT2D eigenvalue weighted by Gasteiger charge is -2.35. The van der Waals surface area contributed by atoms with E-state index in [-0.39, 0.29) is 11.7 Å². The van der Waals surface area contributed by atoms with Gasteiger partial charge < -0.3 is 14.5 Å². The number of rotatable bonds is 6. The third-order valence-electron chi connectivity index (χ3n) is 4.48. The molecule has 0 saturated carbocycles. The Kier molecular flexibility index (Phi) is 5.38. The summed E-state index contributed by atoms with van der Waals surface area (Å²) in [5, 5.41) is 0. The van der Waals surface area contributed by atoms with Gasteiger partial charge in [0.15, 0.2) is 5.78 Å². The van der Waals surface area contributed by atoms with E-state index in [2.05, 4.69) is 4.90 Å². The molecule has 1 unspecified atom stereocenters. The van der Waals surface area contributed by atoms with Gasteiger partial charge in [0.1, 0.15) is 5.75 Å². The van der Waals surface area contributed by atoms with Crippen LogP contribution in [0.3, 0.4) is 0 Å². The molecule has 2 aromatic rings. The molecule has 0 aliphatic carbocycles. The molecule has 0 fully saturated rings. The Morgan fingerprint density at radius 2 is 1.88 bits per heavy atom.